The Kier molecular flexibility index (Phi) is 3.22. The Hall–Kier alpha value is -1.52. The van der Waals surface area contributed by atoms with E-state index in [4.69, 9.17) is 4.74 Å². The molecule has 20 heavy (non-hydrogen) atoms. The zero-order valence-electron chi connectivity index (χ0n) is 10.8. The fourth-order valence-corrected chi connectivity index (χ4v) is 3.40. The molecule has 0 saturated heterocycles. The van der Waals surface area contributed by atoms with Gasteiger partial charge in [0.2, 0.25) is 0 Å². The van der Waals surface area contributed by atoms with E-state index in [0.717, 1.165) is 31.4 Å². The summed E-state index contributed by atoms with van der Waals surface area (Å²) in [7, 11) is 0. The second-order valence-corrected chi connectivity index (χ2v) is 5.70. The molecule has 3 unspecified atom stereocenters. The lowest BCUT2D eigenvalue weighted by atomic mass is 9.97. The number of hydrogen-bond donors (Lipinski definition) is 0. The minimum atomic E-state index is -4.42. The maximum atomic E-state index is 12.7. The van der Waals surface area contributed by atoms with Crippen molar-refractivity contribution in [2.24, 2.45) is 11.8 Å². The van der Waals surface area contributed by atoms with E-state index in [9.17, 15) is 18.0 Å². The van der Waals surface area contributed by atoms with Gasteiger partial charge in [-0.1, -0.05) is 0 Å². The van der Waals surface area contributed by atoms with E-state index in [0.29, 0.717) is 18.1 Å². The van der Waals surface area contributed by atoms with Crippen molar-refractivity contribution < 1.29 is 22.7 Å². The van der Waals surface area contributed by atoms with Crippen LogP contribution in [0.5, 0.6) is 5.75 Å². The summed E-state index contributed by atoms with van der Waals surface area (Å²) in [6.07, 6.45) is 0.324. The van der Waals surface area contributed by atoms with Crippen LogP contribution < -0.4 is 4.74 Å². The largest absolute Gasteiger partial charge is 0.489 e. The van der Waals surface area contributed by atoms with Crippen molar-refractivity contribution in [2.75, 3.05) is 0 Å². The lowest BCUT2D eigenvalue weighted by Crippen LogP contribution is -2.24. The highest BCUT2D eigenvalue weighted by molar-refractivity contribution is 5.79. The highest BCUT2D eigenvalue weighted by Crippen LogP contribution is 2.46. The van der Waals surface area contributed by atoms with E-state index in [1.807, 2.05) is 0 Å². The summed E-state index contributed by atoms with van der Waals surface area (Å²) < 4.78 is 43.9. The molecule has 3 rings (SSSR count). The Morgan fingerprint density at radius 1 is 1.20 bits per heavy atom. The normalized spacial score (nSPS) is 28.6. The van der Waals surface area contributed by atoms with E-state index in [1.165, 1.54) is 12.5 Å². The second-order valence-electron chi connectivity index (χ2n) is 5.70. The van der Waals surface area contributed by atoms with Gasteiger partial charge in [-0.3, -0.25) is 4.79 Å². The van der Waals surface area contributed by atoms with Gasteiger partial charge in [-0.15, -0.1) is 0 Å². The van der Waals surface area contributed by atoms with Crippen molar-refractivity contribution in [2.45, 2.75) is 38.0 Å². The molecule has 2 fully saturated rings. The molecule has 0 N–H and O–H groups in total. The summed E-state index contributed by atoms with van der Waals surface area (Å²) in [5.41, 5.74) is -0.595. The number of ether oxygens (including phenoxy) is 1. The molecule has 2 bridgehead atoms. The molecule has 3 atom stereocenters. The van der Waals surface area contributed by atoms with Gasteiger partial charge in [-0.05, 0) is 55.7 Å². The van der Waals surface area contributed by atoms with Gasteiger partial charge in [-0.25, -0.2) is 0 Å². The predicted octanol–water partition coefficient (Wildman–Crippen LogP) is 4.09. The van der Waals surface area contributed by atoms with Gasteiger partial charge in [0.1, 0.15) is 11.9 Å². The second kappa shape index (κ2) is 4.79. The van der Waals surface area contributed by atoms with Crippen LogP contribution in [0.25, 0.3) is 0 Å². The average molecular weight is 284 g/mol. The summed E-state index contributed by atoms with van der Waals surface area (Å²) in [5, 5.41) is 0. The average Bonchev–Trinajstić information content (AvgIpc) is 3.00. The molecular formula is C15H15F3O2. The molecule has 2 aliphatic carbocycles. The minimum Gasteiger partial charge on any atom is -0.489 e. The summed E-state index contributed by atoms with van der Waals surface area (Å²) in [5.74, 6) is 1.12. The summed E-state index contributed by atoms with van der Waals surface area (Å²) in [6, 6.07) is 3.03. The Morgan fingerprint density at radius 2 is 2.00 bits per heavy atom. The third-order valence-electron chi connectivity index (χ3n) is 4.42. The number of fused-ring (bicyclic) bond motifs is 2. The molecule has 0 aliphatic heterocycles. The summed E-state index contributed by atoms with van der Waals surface area (Å²) in [4.78, 5) is 11.0. The van der Waals surface area contributed by atoms with Crippen LogP contribution in [0.4, 0.5) is 13.2 Å². The Bertz CT molecular complexity index is 524. The van der Waals surface area contributed by atoms with Crippen molar-refractivity contribution in [1.82, 2.24) is 0 Å². The van der Waals surface area contributed by atoms with Gasteiger partial charge >= 0.3 is 6.18 Å². The van der Waals surface area contributed by atoms with Gasteiger partial charge in [0.25, 0.3) is 0 Å². The monoisotopic (exact) mass is 284 g/mol. The van der Waals surface area contributed by atoms with E-state index >= 15 is 0 Å². The van der Waals surface area contributed by atoms with Crippen LogP contribution in [0.15, 0.2) is 18.2 Å². The topological polar surface area (TPSA) is 26.3 Å². The van der Waals surface area contributed by atoms with Crippen LogP contribution >= 0.6 is 0 Å². The highest BCUT2D eigenvalue weighted by atomic mass is 19.4. The number of carbonyl (C=O) groups is 1. The molecule has 1 aromatic carbocycles. The Balaban J connectivity index is 1.85. The first-order chi connectivity index (χ1) is 9.47. The number of hydrogen-bond acceptors (Lipinski definition) is 2. The van der Waals surface area contributed by atoms with Crippen molar-refractivity contribution >= 4 is 6.29 Å². The van der Waals surface area contributed by atoms with Crippen LogP contribution in [-0.4, -0.2) is 12.4 Å². The van der Waals surface area contributed by atoms with Crippen molar-refractivity contribution in [3.05, 3.63) is 29.3 Å². The predicted molar refractivity (Wildman–Crippen MR) is 66.7 cm³/mol. The number of carbonyl (C=O) groups excluding carboxylic acids is 1. The van der Waals surface area contributed by atoms with Gasteiger partial charge in [0.15, 0.2) is 6.29 Å². The quantitative estimate of drug-likeness (QED) is 0.782. The molecule has 0 spiro atoms. The van der Waals surface area contributed by atoms with Crippen molar-refractivity contribution in [1.29, 1.82) is 0 Å². The number of halogens is 3. The van der Waals surface area contributed by atoms with E-state index < -0.39 is 11.7 Å². The van der Waals surface area contributed by atoms with E-state index in [-0.39, 0.29) is 17.4 Å². The summed E-state index contributed by atoms with van der Waals surface area (Å²) in [6.45, 7) is 0. The van der Waals surface area contributed by atoms with Crippen LogP contribution in [0.1, 0.15) is 41.6 Å². The highest BCUT2D eigenvalue weighted by Gasteiger charge is 2.41. The number of benzene rings is 1. The SMILES string of the molecule is O=Cc1ccc(C(F)(F)F)cc1OC1CC2CCC1C2. The molecular weight excluding hydrogens is 269 g/mol. The van der Waals surface area contributed by atoms with Crippen LogP contribution in [-0.2, 0) is 6.18 Å². The standard InChI is InChI=1S/C15H15F3O2/c16-15(17,18)12-4-3-11(8-19)14(7-12)20-13-6-9-1-2-10(13)5-9/h3-4,7-10,13H,1-2,5-6H2. The Labute approximate surface area is 114 Å². The van der Waals surface area contributed by atoms with Crippen molar-refractivity contribution in [3.8, 4) is 5.75 Å². The number of alkyl halides is 3. The molecule has 108 valence electrons. The fraction of sp³-hybridized carbons (Fsp3) is 0.533. The number of rotatable bonds is 3. The maximum absolute atomic E-state index is 12.7. The molecule has 2 saturated carbocycles. The van der Waals surface area contributed by atoms with Crippen LogP contribution in [0, 0.1) is 11.8 Å². The molecule has 0 aromatic heterocycles. The first kappa shape index (κ1) is 13.5. The first-order valence-corrected chi connectivity index (χ1v) is 6.80. The zero-order chi connectivity index (χ0) is 14.3. The van der Waals surface area contributed by atoms with Crippen molar-refractivity contribution in [3.63, 3.8) is 0 Å². The van der Waals surface area contributed by atoms with Gasteiger partial charge in [-0.2, -0.15) is 13.2 Å². The zero-order valence-corrected chi connectivity index (χ0v) is 10.8. The Morgan fingerprint density at radius 3 is 2.55 bits per heavy atom. The molecule has 0 radical (unpaired) electrons. The van der Waals surface area contributed by atoms with Crippen LogP contribution in [0.2, 0.25) is 0 Å². The number of aldehydes is 1. The van der Waals surface area contributed by atoms with Gasteiger partial charge in [0.05, 0.1) is 11.1 Å². The maximum Gasteiger partial charge on any atom is 0.416 e. The molecule has 0 heterocycles. The molecule has 1 aromatic rings. The summed E-state index contributed by atoms with van der Waals surface area (Å²) >= 11 is 0. The smallest absolute Gasteiger partial charge is 0.416 e. The molecule has 5 heteroatoms. The van der Waals surface area contributed by atoms with E-state index in [2.05, 4.69) is 0 Å². The third-order valence-corrected chi connectivity index (χ3v) is 4.42. The molecule has 2 aliphatic rings. The van der Waals surface area contributed by atoms with Crippen LogP contribution in [0.3, 0.4) is 0 Å². The van der Waals surface area contributed by atoms with E-state index in [1.54, 1.807) is 0 Å². The molecule has 0 amide bonds. The lowest BCUT2D eigenvalue weighted by molar-refractivity contribution is -0.137. The first-order valence-electron chi connectivity index (χ1n) is 6.80. The fourth-order valence-electron chi connectivity index (χ4n) is 3.40. The molecule has 2 nitrogen and oxygen atoms in total. The lowest BCUT2D eigenvalue weighted by Gasteiger charge is -2.24. The van der Waals surface area contributed by atoms with Gasteiger partial charge < -0.3 is 4.74 Å². The van der Waals surface area contributed by atoms with Gasteiger partial charge in [0, 0.05) is 0 Å². The minimum absolute atomic E-state index is 0.0454. The third kappa shape index (κ3) is 2.41.